The van der Waals surface area contributed by atoms with Crippen LogP contribution in [0.2, 0.25) is 0 Å². The smallest absolute Gasteiger partial charge is 0.125 e. The summed E-state index contributed by atoms with van der Waals surface area (Å²) in [6.07, 6.45) is 3.89. The lowest BCUT2D eigenvalue weighted by Crippen LogP contribution is -2.05. The molecule has 0 atom stereocenters. The molecule has 0 N–H and O–H groups in total. The van der Waals surface area contributed by atoms with E-state index in [4.69, 9.17) is 9.47 Å². The number of fused-ring (bicyclic) bond motifs is 1. The highest BCUT2D eigenvalue weighted by Gasteiger charge is 2.18. The first-order chi connectivity index (χ1) is 12.1. The van der Waals surface area contributed by atoms with Crippen LogP contribution in [0.15, 0.2) is 30.6 Å². The summed E-state index contributed by atoms with van der Waals surface area (Å²) in [7, 11) is 3.49. The fourth-order valence-electron chi connectivity index (χ4n) is 3.65. The van der Waals surface area contributed by atoms with E-state index < -0.39 is 0 Å². The van der Waals surface area contributed by atoms with Gasteiger partial charge in [-0.05, 0) is 62.4 Å². The first-order valence-electron chi connectivity index (χ1n) is 8.69. The van der Waals surface area contributed by atoms with Gasteiger partial charge in [0.25, 0.3) is 0 Å². The molecule has 25 heavy (non-hydrogen) atoms. The van der Waals surface area contributed by atoms with Gasteiger partial charge < -0.3 is 14.0 Å². The normalized spacial score (nSPS) is 11.1. The third kappa shape index (κ3) is 3.09. The number of hydrogen-bond donors (Lipinski definition) is 0. The number of benzene rings is 2. The molecular weight excluding hydrogens is 312 g/mol. The molecule has 0 spiro atoms. The quantitative estimate of drug-likeness (QED) is 0.658. The van der Waals surface area contributed by atoms with E-state index in [9.17, 15) is 0 Å². The van der Waals surface area contributed by atoms with Crippen molar-refractivity contribution in [3.05, 3.63) is 52.8 Å². The molecule has 0 aliphatic carbocycles. The van der Waals surface area contributed by atoms with Gasteiger partial charge >= 0.3 is 0 Å². The van der Waals surface area contributed by atoms with Crippen molar-refractivity contribution in [1.29, 1.82) is 0 Å². The topological polar surface area (TPSA) is 36.3 Å². The average Bonchev–Trinajstić information content (AvgIpc) is 3.03. The maximum Gasteiger partial charge on any atom is 0.125 e. The van der Waals surface area contributed by atoms with Crippen molar-refractivity contribution < 1.29 is 9.47 Å². The summed E-state index contributed by atoms with van der Waals surface area (Å²) in [5.74, 6) is 1.97. The number of ether oxygens (including phenoxy) is 2. The molecular formula is C21H26N2O2. The second-order valence-corrected chi connectivity index (χ2v) is 6.45. The van der Waals surface area contributed by atoms with Gasteiger partial charge in [0, 0.05) is 12.1 Å². The van der Waals surface area contributed by atoms with Gasteiger partial charge in [0.15, 0.2) is 0 Å². The predicted molar refractivity (Wildman–Crippen MR) is 102 cm³/mol. The molecule has 4 heteroatoms. The van der Waals surface area contributed by atoms with Gasteiger partial charge in [-0.3, -0.25) is 0 Å². The molecule has 0 fully saturated rings. The van der Waals surface area contributed by atoms with Crippen LogP contribution in [-0.4, -0.2) is 23.8 Å². The van der Waals surface area contributed by atoms with Crippen molar-refractivity contribution in [1.82, 2.24) is 9.55 Å². The van der Waals surface area contributed by atoms with Crippen LogP contribution in [0.25, 0.3) is 11.0 Å². The first kappa shape index (κ1) is 17.3. The van der Waals surface area contributed by atoms with E-state index >= 15 is 0 Å². The van der Waals surface area contributed by atoms with E-state index in [1.54, 1.807) is 14.2 Å². The third-order valence-electron chi connectivity index (χ3n) is 5.07. The Hall–Kier alpha value is -2.49. The van der Waals surface area contributed by atoms with Crippen LogP contribution in [0.5, 0.6) is 11.5 Å². The molecule has 1 aromatic heterocycles. The molecule has 4 nitrogen and oxygen atoms in total. The Labute approximate surface area is 149 Å². The Bertz CT molecular complexity index is 897. The monoisotopic (exact) mass is 338 g/mol. The highest BCUT2D eigenvalue weighted by Crippen LogP contribution is 2.38. The van der Waals surface area contributed by atoms with Crippen LogP contribution in [0.3, 0.4) is 0 Å². The maximum absolute atomic E-state index is 5.72. The van der Waals surface area contributed by atoms with Crippen molar-refractivity contribution in [2.75, 3.05) is 14.2 Å². The van der Waals surface area contributed by atoms with Crippen molar-refractivity contribution in [3.63, 3.8) is 0 Å². The largest absolute Gasteiger partial charge is 0.496 e. The molecule has 0 aliphatic rings. The van der Waals surface area contributed by atoms with Crippen LogP contribution in [0.4, 0.5) is 0 Å². The van der Waals surface area contributed by atoms with Crippen LogP contribution in [-0.2, 0) is 13.0 Å². The van der Waals surface area contributed by atoms with E-state index in [1.165, 1.54) is 16.6 Å². The molecule has 1 heterocycles. The van der Waals surface area contributed by atoms with Crippen LogP contribution >= 0.6 is 0 Å². The van der Waals surface area contributed by atoms with Gasteiger partial charge in [-0.2, -0.15) is 0 Å². The minimum absolute atomic E-state index is 0.929. The molecule has 3 rings (SSSR count). The van der Waals surface area contributed by atoms with Crippen LogP contribution in [0, 0.1) is 20.8 Å². The van der Waals surface area contributed by atoms with Crippen molar-refractivity contribution in [3.8, 4) is 11.5 Å². The highest BCUT2D eigenvalue weighted by atomic mass is 16.5. The number of aromatic nitrogens is 2. The zero-order valence-corrected chi connectivity index (χ0v) is 15.7. The second kappa shape index (κ2) is 7.18. The van der Waals surface area contributed by atoms with Crippen LogP contribution in [0.1, 0.15) is 28.7 Å². The molecule has 0 bridgehead atoms. The minimum atomic E-state index is 0.929. The minimum Gasteiger partial charge on any atom is -0.496 e. The SMILES string of the molecule is COc1c(C)c(C)c(OC)c(CCCn2cnc3ccccc32)c1C. The summed E-state index contributed by atoms with van der Waals surface area (Å²) in [5, 5.41) is 0. The average molecular weight is 338 g/mol. The fourth-order valence-corrected chi connectivity index (χ4v) is 3.65. The lowest BCUT2D eigenvalue weighted by molar-refractivity contribution is 0.390. The number of rotatable bonds is 6. The zero-order chi connectivity index (χ0) is 18.0. The summed E-state index contributed by atoms with van der Waals surface area (Å²) in [6.45, 7) is 7.24. The molecule has 2 aromatic carbocycles. The number of imidazole rings is 1. The Kier molecular flexibility index (Phi) is 4.98. The van der Waals surface area contributed by atoms with E-state index in [0.717, 1.165) is 47.5 Å². The second-order valence-electron chi connectivity index (χ2n) is 6.45. The number of methoxy groups -OCH3 is 2. The number of aryl methyl sites for hydroxylation is 1. The van der Waals surface area contributed by atoms with E-state index in [-0.39, 0.29) is 0 Å². The molecule has 132 valence electrons. The van der Waals surface area contributed by atoms with Gasteiger partial charge in [0.1, 0.15) is 11.5 Å². The Morgan fingerprint density at radius 1 is 0.920 bits per heavy atom. The Balaban J connectivity index is 1.84. The first-order valence-corrected chi connectivity index (χ1v) is 8.69. The summed E-state index contributed by atoms with van der Waals surface area (Å²) >= 11 is 0. The number of para-hydroxylation sites is 2. The zero-order valence-electron chi connectivity index (χ0n) is 15.7. The van der Waals surface area contributed by atoms with Crippen molar-refractivity contribution in [2.45, 2.75) is 40.2 Å². The lowest BCUT2D eigenvalue weighted by atomic mass is 9.94. The third-order valence-corrected chi connectivity index (χ3v) is 5.07. The molecule has 0 aliphatic heterocycles. The van der Waals surface area contributed by atoms with Gasteiger partial charge in [-0.15, -0.1) is 0 Å². The summed E-state index contributed by atoms with van der Waals surface area (Å²) in [5.41, 5.74) is 6.96. The summed E-state index contributed by atoms with van der Waals surface area (Å²) < 4.78 is 13.6. The van der Waals surface area contributed by atoms with Crippen molar-refractivity contribution in [2.24, 2.45) is 0 Å². The van der Waals surface area contributed by atoms with Crippen LogP contribution < -0.4 is 9.47 Å². The molecule has 0 unspecified atom stereocenters. The highest BCUT2D eigenvalue weighted by molar-refractivity contribution is 5.74. The van der Waals surface area contributed by atoms with Crippen molar-refractivity contribution >= 4 is 11.0 Å². The molecule has 3 aromatic rings. The summed E-state index contributed by atoms with van der Waals surface area (Å²) in [4.78, 5) is 4.47. The fraction of sp³-hybridized carbons (Fsp3) is 0.381. The number of hydrogen-bond acceptors (Lipinski definition) is 3. The lowest BCUT2D eigenvalue weighted by Gasteiger charge is -2.20. The van der Waals surface area contributed by atoms with Gasteiger partial charge in [-0.25, -0.2) is 4.98 Å². The predicted octanol–water partition coefficient (Wildman–Crippen LogP) is 4.61. The van der Waals surface area contributed by atoms with E-state index in [1.807, 2.05) is 18.5 Å². The molecule has 0 radical (unpaired) electrons. The number of nitrogens with zero attached hydrogens (tertiary/aromatic N) is 2. The molecule has 0 saturated heterocycles. The van der Waals surface area contributed by atoms with Gasteiger partial charge in [0.2, 0.25) is 0 Å². The maximum atomic E-state index is 5.72. The molecule has 0 amide bonds. The van der Waals surface area contributed by atoms with E-state index in [0.29, 0.717) is 0 Å². The van der Waals surface area contributed by atoms with Gasteiger partial charge in [0.05, 0.1) is 31.6 Å². The van der Waals surface area contributed by atoms with Gasteiger partial charge in [-0.1, -0.05) is 12.1 Å². The summed E-state index contributed by atoms with van der Waals surface area (Å²) in [6, 6.07) is 8.25. The Morgan fingerprint density at radius 3 is 2.32 bits per heavy atom. The van der Waals surface area contributed by atoms with E-state index in [2.05, 4.69) is 42.5 Å². The molecule has 0 saturated carbocycles. The standard InChI is InChI=1S/C21H26N2O2/c1-14-15(2)21(25-5)17(16(3)20(14)24-4)9-8-12-23-13-22-18-10-6-7-11-19(18)23/h6-7,10-11,13H,8-9,12H2,1-5H3. The Morgan fingerprint density at radius 2 is 1.60 bits per heavy atom.